The van der Waals surface area contributed by atoms with Crippen LogP contribution in [0.1, 0.15) is 46.5 Å². The van der Waals surface area contributed by atoms with Crippen LogP contribution in [0.4, 0.5) is 0 Å². The molecule has 0 heterocycles. The maximum atomic E-state index is 9.38. The fraction of sp³-hybridized carbons (Fsp3) is 1.00. The van der Waals surface area contributed by atoms with Gasteiger partial charge < -0.3 is 15.9 Å². The fourth-order valence-electron chi connectivity index (χ4n) is 1.81. The van der Waals surface area contributed by atoms with Crippen LogP contribution >= 0.6 is 0 Å². The molecule has 0 saturated carbocycles. The molecule has 3 unspecified atom stereocenters. The van der Waals surface area contributed by atoms with Gasteiger partial charge in [0.2, 0.25) is 0 Å². The largest absolute Gasteiger partial charge is 0.392 e. The summed E-state index contributed by atoms with van der Waals surface area (Å²) < 4.78 is 0. The van der Waals surface area contributed by atoms with Crippen LogP contribution in [-0.2, 0) is 0 Å². The highest BCUT2D eigenvalue weighted by atomic mass is 16.3. The molecule has 16 heavy (non-hydrogen) atoms. The van der Waals surface area contributed by atoms with Crippen molar-refractivity contribution in [2.45, 2.75) is 64.8 Å². The first-order valence-corrected chi connectivity index (χ1v) is 6.33. The molecule has 3 atom stereocenters. The van der Waals surface area contributed by atoms with Gasteiger partial charge in [-0.05, 0) is 20.3 Å². The molecule has 0 aliphatic heterocycles. The third-order valence-electron chi connectivity index (χ3n) is 2.57. The normalized spacial score (nSPS) is 17.4. The molecular weight excluding hydrogens is 204 g/mol. The van der Waals surface area contributed by atoms with E-state index in [9.17, 15) is 10.2 Å². The van der Waals surface area contributed by atoms with Crippen molar-refractivity contribution in [3.05, 3.63) is 0 Å². The summed E-state index contributed by atoms with van der Waals surface area (Å²) in [6, 6.07) is 0. The summed E-state index contributed by atoms with van der Waals surface area (Å²) in [4.78, 5) is 1.96. The molecule has 0 saturated heterocycles. The van der Waals surface area contributed by atoms with E-state index in [4.69, 9.17) is 5.73 Å². The van der Waals surface area contributed by atoms with Gasteiger partial charge in [-0.2, -0.15) is 0 Å². The Labute approximate surface area is 99.4 Å². The van der Waals surface area contributed by atoms with E-state index in [0.717, 1.165) is 12.8 Å². The first-order chi connectivity index (χ1) is 7.47. The summed E-state index contributed by atoms with van der Waals surface area (Å²) in [5.74, 6) is 0. The number of aliphatic hydroxyl groups excluding tert-OH is 2. The molecule has 0 rings (SSSR count). The summed E-state index contributed by atoms with van der Waals surface area (Å²) in [7, 11) is 0. The standard InChI is InChI=1S/C12H28N2O2/c1-4-5-6-7-12(13)14(8-10(2)15)9-11(3)16/h10-12,15-16H,4-9,13H2,1-3H3. The predicted molar refractivity (Wildman–Crippen MR) is 67.1 cm³/mol. The van der Waals surface area contributed by atoms with Crippen LogP contribution < -0.4 is 5.73 Å². The molecule has 0 aromatic carbocycles. The van der Waals surface area contributed by atoms with Gasteiger partial charge in [0, 0.05) is 13.1 Å². The Balaban J connectivity index is 4.04. The number of unbranched alkanes of at least 4 members (excludes halogenated alkanes) is 2. The van der Waals surface area contributed by atoms with Crippen LogP contribution in [0, 0.1) is 0 Å². The number of nitrogens with zero attached hydrogens (tertiary/aromatic N) is 1. The summed E-state index contributed by atoms with van der Waals surface area (Å²) in [5, 5.41) is 18.8. The van der Waals surface area contributed by atoms with Gasteiger partial charge in [0.25, 0.3) is 0 Å². The maximum Gasteiger partial charge on any atom is 0.0639 e. The first-order valence-electron chi connectivity index (χ1n) is 6.33. The van der Waals surface area contributed by atoms with Gasteiger partial charge >= 0.3 is 0 Å². The van der Waals surface area contributed by atoms with Crippen molar-refractivity contribution in [3.63, 3.8) is 0 Å². The molecule has 98 valence electrons. The quantitative estimate of drug-likeness (QED) is 0.408. The average Bonchev–Trinajstić information content (AvgIpc) is 2.15. The Bertz CT molecular complexity index is 153. The topological polar surface area (TPSA) is 69.7 Å². The summed E-state index contributed by atoms with van der Waals surface area (Å²) in [5.41, 5.74) is 6.06. The molecule has 0 aliphatic carbocycles. The zero-order chi connectivity index (χ0) is 12.6. The van der Waals surface area contributed by atoms with Crippen molar-refractivity contribution in [2.75, 3.05) is 13.1 Å². The predicted octanol–water partition coefficient (Wildman–Crippen LogP) is 0.915. The SMILES string of the molecule is CCCCCC(N)N(CC(C)O)CC(C)O. The number of hydrogen-bond acceptors (Lipinski definition) is 4. The minimum Gasteiger partial charge on any atom is -0.392 e. The molecule has 4 nitrogen and oxygen atoms in total. The van der Waals surface area contributed by atoms with E-state index in [-0.39, 0.29) is 6.17 Å². The van der Waals surface area contributed by atoms with Crippen molar-refractivity contribution >= 4 is 0 Å². The van der Waals surface area contributed by atoms with E-state index in [2.05, 4.69) is 6.92 Å². The molecule has 0 bridgehead atoms. The van der Waals surface area contributed by atoms with Crippen molar-refractivity contribution < 1.29 is 10.2 Å². The number of hydrogen-bond donors (Lipinski definition) is 3. The summed E-state index contributed by atoms with van der Waals surface area (Å²) in [6.07, 6.45) is 3.52. The molecule has 0 aromatic rings. The third kappa shape index (κ3) is 8.05. The lowest BCUT2D eigenvalue weighted by molar-refractivity contribution is 0.0552. The lowest BCUT2D eigenvalue weighted by Crippen LogP contribution is -2.48. The van der Waals surface area contributed by atoms with Crippen LogP contribution in [0.15, 0.2) is 0 Å². The Hall–Kier alpha value is -0.160. The zero-order valence-corrected chi connectivity index (χ0v) is 10.9. The van der Waals surface area contributed by atoms with Crippen molar-refractivity contribution in [1.82, 2.24) is 4.90 Å². The molecular formula is C12H28N2O2. The Morgan fingerprint density at radius 3 is 1.94 bits per heavy atom. The Morgan fingerprint density at radius 1 is 1.06 bits per heavy atom. The molecule has 0 aliphatic rings. The van der Waals surface area contributed by atoms with Gasteiger partial charge in [-0.1, -0.05) is 26.2 Å². The molecule has 0 amide bonds. The highest BCUT2D eigenvalue weighted by Crippen LogP contribution is 2.07. The van der Waals surface area contributed by atoms with E-state index in [1.807, 2.05) is 4.90 Å². The van der Waals surface area contributed by atoms with E-state index in [0.29, 0.717) is 13.1 Å². The van der Waals surface area contributed by atoms with Crippen molar-refractivity contribution in [2.24, 2.45) is 5.73 Å². The fourth-order valence-corrected chi connectivity index (χ4v) is 1.81. The van der Waals surface area contributed by atoms with Crippen molar-refractivity contribution in [3.8, 4) is 0 Å². The second-order valence-corrected chi connectivity index (χ2v) is 4.72. The lowest BCUT2D eigenvalue weighted by Gasteiger charge is -2.31. The minimum atomic E-state index is -0.407. The molecule has 0 aromatic heterocycles. The van der Waals surface area contributed by atoms with Gasteiger partial charge in [-0.15, -0.1) is 0 Å². The van der Waals surface area contributed by atoms with Crippen LogP contribution in [-0.4, -0.2) is 46.6 Å². The highest BCUT2D eigenvalue weighted by Gasteiger charge is 2.17. The number of aliphatic hydroxyl groups is 2. The van der Waals surface area contributed by atoms with Gasteiger partial charge in [0.05, 0.1) is 18.4 Å². The zero-order valence-electron chi connectivity index (χ0n) is 10.9. The van der Waals surface area contributed by atoms with Gasteiger partial charge in [-0.25, -0.2) is 0 Å². The average molecular weight is 232 g/mol. The second kappa shape index (κ2) is 8.93. The van der Waals surface area contributed by atoms with E-state index in [1.54, 1.807) is 13.8 Å². The lowest BCUT2D eigenvalue weighted by atomic mass is 10.1. The Kier molecular flexibility index (Phi) is 8.84. The minimum absolute atomic E-state index is 0.0595. The van der Waals surface area contributed by atoms with E-state index < -0.39 is 12.2 Å². The van der Waals surface area contributed by atoms with Crippen LogP contribution in [0.25, 0.3) is 0 Å². The molecule has 4 N–H and O–H groups in total. The van der Waals surface area contributed by atoms with Gasteiger partial charge in [0.1, 0.15) is 0 Å². The summed E-state index contributed by atoms with van der Waals surface area (Å²) >= 11 is 0. The smallest absolute Gasteiger partial charge is 0.0639 e. The first kappa shape index (κ1) is 15.8. The van der Waals surface area contributed by atoms with Crippen molar-refractivity contribution in [1.29, 1.82) is 0 Å². The van der Waals surface area contributed by atoms with Gasteiger partial charge in [-0.3, -0.25) is 4.90 Å². The number of rotatable bonds is 9. The monoisotopic (exact) mass is 232 g/mol. The van der Waals surface area contributed by atoms with E-state index in [1.165, 1.54) is 12.8 Å². The third-order valence-corrected chi connectivity index (χ3v) is 2.57. The molecule has 0 spiro atoms. The van der Waals surface area contributed by atoms with Crippen LogP contribution in [0.2, 0.25) is 0 Å². The summed E-state index contributed by atoms with van der Waals surface area (Å²) in [6.45, 7) is 6.70. The Morgan fingerprint density at radius 2 is 1.56 bits per heavy atom. The van der Waals surface area contributed by atoms with Crippen LogP contribution in [0.3, 0.4) is 0 Å². The van der Waals surface area contributed by atoms with Crippen LogP contribution in [0.5, 0.6) is 0 Å². The number of nitrogens with two attached hydrogens (primary N) is 1. The highest BCUT2D eigenvalue weighted by molar-refractivity contribution is 4.70. The molecule has 0 fully saturated rings. The molecule has 4 heteroatoms. The molecule has 0 radical (unpaired) electrons. The maximum absolute atomic E-state index is 9.38. The van der Waals surface area contributed by atoms with E-state index >= 15 is 0 Å². The van der Waals surface area contributed by atoms with Gasteiger partial charge in [0.15, 0.2) is 0 Å². The second-order valence-electron chi connectivity index (χ2n) is 4.72.